The summed E-state index contributed by atoms with van der Waals surface area (Å²) in [5.41, 5.74) is 3.33. The molecule has 0 aromatic heterocycles. The van der Waals surface area contributed by atoms with Gasteiger partial charge in [0.25, 0.3) is 10.0 Å². The van der Waals surface area contributed by atoms with E-state index in [9.17, 15) is 8.42 Å². The number of nitrogens with one attached hydrogen (secondary N) is 1. The Morgan fingerprint density at radius 2 is 1.42 bits per heavy atom. The monoisotopic (exact) mass is 275 g/mol. The lowest BCUT2D eigenvalue weighted by atomic mass is 10.2. The number of anilines is 1. The molecule has 0 saturated heterocycles. The SMILES string of the molecule is Cc1ccc(NS(=O)(=O)c2cc(C)ccc2C)cc1. The Balaban J connectivity index is 2.37. The summed E-state index contributed by atoms with van der Waals surface area (Å²) in [5, 5.41) is 0. The van der Waals surface area contributed by atoms with Crippen LogP contribution in [0.25, 0.3) is 0 Å². The van der Waals surface area contributed by atoms with E-state index in [2.05, 4.69) is 4.72 Å². The molecular formula is C15H17NO2S. The van der Waals surface area contributed by atoms with Crippen molar-refractivity contribution in [2.45, 2.75) is 25.7 Å². The fourth-order valence-corrected chi connectivity index (χ4v) is 3.22. The molecule has 0 heterocycles. The highest BCUT2D eigenvalue weighted by atomic mass is 32.2. The number of hydrogen-bond acceptors (Lipinski definition) is 2. The van der Waals surface area contributed by atoms with Gasteiger partial charge in [-0.25, -0.2) is 8.42 Å². The molecule has 2 aromatic rings. The standard InChI is InChI=1S/C15H17NO2S/c1-11-5-8-14(9-6-11)16-19(17,18)15-10-12(2)4-7-13(15)3/h4-10,16H,1-3H3. The fraction of sp³-hybridized carbons (Fsp3) is 0.200. The Morgan fingerprint density at radius 1 is 0.842 bits per heavy atom. The van der Waals surface area contributed by atoms with Gasteiger partial charge in [0, 0.05) is 5.69 Å². The van der Waals surface area contributed by atoms with Crippen LogP contribution in [0.2, 0.25) is 0 Å². The van der Waals surface area contributed by atoms with Crippen LogP contribution in [0.1, 0.15) is 16.7 Å². The summed E-state index contributed by atoms with van der Waals surface area (Å²) in [7, 11) is -3.53. The van der Waals surface area contributed by atoms with Crippen LogP contribution < -0.4 is 4.72 Å². The predicted molar refractivity (Wildman–Crippen MR) is 77.9 cm³/mol. The third-order valence-electron chi connectivity index (χ3n) is 2.94. The van der Waals surface area contributed by atoms with Gasteiger partial charge in [0.15, 0.2) is 0 Å². The topological polar surface area (TPSA) is 46.2 Å². The van der Waals surface area contributed by atoms with Gasteiger partial charge in [0.2, 0.25) is 0 Å². The fourth-order valence-electron chi connectivity index (χ4n) is 1.83. The zero-order valence-corrected chi connectivity index (χ0v) is 12.1. The molecule has 0 bridgehead atoms. The van der Waals surface area contributed by atoms with E-state index in [0.29, 0.717) is 10.6 Å². The van der Waals surface area contributed by atoms with E-state index in [0.717, 1.165) is 16.7 Å². The lowest BCUT2D eigenvalue weighted by Crippen LogP contribution is -2.14. The molecule has 3 nitrogen and oxygen atoms in total. The van der Waals surface area contributed by atoms with Crippen LogP contribution in [-0.2, 0) is 10.0 Å². The van der Waals surface area contributed by atoms with Gasteiger partial charge >= 0.3 is 0 Å². The normalized spacial score (nSPS) is 11.3. The Bertz CT molecular complexity index is 689. The minimum absolute atomic E-state index is 0.327. The summed E-state index contributed by atoms with van der Waals surface area (Å²) < 4.78 is 27.3. The summed E-state index contributed by atoms with van der Waals surface area (Å²) in [4.78, 5) is 0.327. The van der Waals surface area contributed by atoms with Gasteiger partial charge in [-0.15, -0.1) is 0 Å². The maximum Gasteiger partial charge on any atom is 0.262 e. The summed E-state index contributed by atoms with van der Waals surface area (Å²) in [5.74, 6) is 0. The van der Waals surface area contributed by atoms with Gasteiger partial charge in [-0.05, 0) is 50.1 Å². The number of rotatable bonds is 3. The van der Waals surface area contributed by atoms with E-state index in [1.807, 2.05) is 38.1 Å². The highest BCUT2D eigenvalue weighted by molar-refractivity contribution is 7.92. The van der Waals surface area contributed by atoms with Crippen molar-refractivity contribution >= 4 is 15.7 Å². The average molecular weight is 275 g/mol. The Labute approximate surface area is 114 Å². The molecule has 2 aromatic carbocycles. The number of hydrogen-bond donors (Lipinski definition) is 1. The molecular weight excluding hydrogens is 258 g/mol. The van der Waals surface area contributed by atoms with Gasteiger partial charge in [0.1, 0.15) is 0 Å². The maximum absolute atomic E-state index is 12.3. The van der Waals surface area contributed by atoms with Crippen LogP contribution in [0, 0.1) is 20.8 Å². The second-order valence-electron chi connectivity index (χ2n) is 4.74. The van der Waals surface area contributed by atoms with Crippen molar-refractivity contribution in [3.63, 3.8) is 0 Å². The molecule has 0 radical (unpaired) electrons. The summed E-state index contributed by atoms with van der Waals surface area (Å²) in [6.45, 7) is 5.64. The number of aryl methyl sites for hydroxylation is 3. The molecule has 19 heavy (non-hydrogen) atoms. The van der Waals surface area contributed by atoms with Crippen molar-refractivity contribution in [3.8, 4) is 0 Å². The van der Waals surface area contributed by atoms with Crippen LogP contribution in [0.3, 0.4) is 0 Å². The molecule has 0 unspecified atom stereocenters. The first-order chi connectivity index (χ1) is 8.88. The molecule has 0 aliphatic rings. The van der Waals surface area contributed by atoms with Crippen molar-refractivity contribution in [3.05, 3.63) is 59.2 Å². The zero-order chi connectivity index (χ0) is 14.0. The quantitative estimate of drug-likeness (QED) is 0.933. The molecule has 0 amide bonds. The first kappa shape index (κ1) is 13.6. The lowest BCUT2D eigenvalue weighted by Gasteiger charge is -2.11. The van der Waals surface area contributed by atoms with E-state index in [4.69, 9.17) is 0 Å². The van der Waals surface area contributed by atoms with Crippen LogP contribution in [0.4, 0.5) is 5.69 Å². The molecule has 0 aliphatic heterocycles. The van der Waals surface area contributed by atoms with Crippen molar-refractivity contribution < 1.29 is 8.42 Å². The van der Waals surface area contributed by atoms with Gasteiger partial charge in [0.05, 0.1) is 4.90 Å². The third-order valence-corrected chi connectivity index (χ3v) is 4.46. The van der Waals surface area contributed by atoms with Gasteiger partial charge in [-0.2, -0.15) is 0 Å². The first-order valence-corrected chi connectivity index (χ1v) is 7.53. The molecule has 100 valence electrons. The lowest BCUT2D eigenvalue weighted by molar-refractivity contribution is 0.600. The molecule has 0 fully saturated rings. The molecule has 4 heteroatoms. The van der Waals surface area contributed by atoms with Crippen LogP contribution in [0.15, 0.2) is 47.4 Å². The van der Waals surface area contributed by atoms with E-state index < -0.39 is 10.0 Å². The van der Waals surface area contributed by atoms with Crippen LogP contribution in [-0.4, -0.2) is 8.42 Å². The smallest absolute Gasteiger partial charge is 0.262 e. The first-order valence-electron chi connectivity index (χ1n) is 6.05. The van der Waals surface area contributed by atoms with Crippen molar-refractivity contribution in [2.24, 2.45) is 0 Å². The molecule has 0 aliphatic carbocycles. The summed E-state index contributed by atoms with van der Waals surface area (Å²) >= 11 is 0. The second-order valence-corrected chi connectivity index (χ2v) is 6.39. The highest BCUT2D eigenvalue weighted by Gasteiger charge is 2.16. The highest BCUT2D eigenvalue weighted by Crippen LogP contribution is 2.20. The van der Waals surface area contributed by atoms with Gasteiger partial charge < -0.3 is 0 Å². The van der Waals surface area contributed by atoms with Gasteiger partial charge in [-0.3, -0.25) is 4.72 Å². The minimum Gasteiger partial charge on any atom is -0.280 e. The van der Waals surface area contributed by atoms with Crippen molar-refractivity contribution in [1.29, 1.82) is 0 Å². The van der Waals surface area contributed by atoms with E-state index in [1.165, 1.54) is 0 Å². The number of sulfonamides is 1. The van der Waals surface area contributed by atoms with Gasteiger partial charge in [-0.1, -0.05) is 29.8 Å². The van der Waals surface area contributed by atoms with E-state index >= 15 is 0 Å². The van der Waals surface area contributed by atoms with Crippen molar-refractivity contribution in [1.82, 2.24) is 0 Å². The molecule has 0 spiro atoms. The Hall–Kier alpha value is -1.81. The van der Waals surface area contributed by atoms with E-state index in [-0.39, 0.29) is 0 Å². The Kier molecular flexibility index (Phi) is 3.62. The minimum atomic E-state index is -3.53. The molecule has 2 rings (SSSR count). The molecule has 0 atom stereocenters. The largest absolute Gasteiger partial charge is 0.280 e. The molecule has 0 saturated carbocycles. The van der Waals surface area contributed by atoms with Crippen molar-refractivity contribution in [2.75, 3.05) is 4.72 Å². The average Bonchev–Trinajstić information content (AvgIpc) is 2.35. The molecule has 1 N–H and O–H groups in total. The third kappa shape index (κ3) is 3.15. The second kappa shape index (κ2) is 5.05. The maximum atomic E-state index is 12.3. The Morgan fingerprint density at radius 3 is 2.05 bits per heavy atom. The summed E-state index contributed by atoms with van der Waals surface area (Å²) in [6, 6.07) is 12.7. The van der Waals surface area contributed by atoms with Crippen LogP contribution in [0.5, 0.6) is 0 Å². The summed E-state index contributed by atoms with van der Waals surface area (Å²) in [6.07, 6.45) is 0. The zero-order valence-electron chi connectivity index (χ0n) is 11.3. The predicted octanol–water partition coefficient (Wildman–Crippen LogP) is 3.41. The number of benzene rings is 2. The van der Waals surface area contributed by atoms with Crippen LogP contribution >= 0.6 is 0 Å². The van der Waals surface area contributed by atoms with E-state index in [1.54, 1.807) is 25.1 Å².